The van der Waals surface area contributed by atoms with Crippen molar-refractivity contribution in [2.24, 2.45) is 0 Å². The van der Waals surface area contributed by atoms with E-state index in [0.717, 1.165) is 10.9 Å². The second kappa shape index (κ2) is 4.44. The Bertz CT molecular complexity index is 336. The lowest BCUT2D eigenvalue weighted by Gasteiger charge is -2.22. The number of rotatable bonds is 3. The smallest absolute Gasteiger partial charge is 0.0931 e. The van der Waals surface area contributed by atoms with Crippen LogP contribution >= 0.6 is 22.9 Å². The Morgan fingerprint density at radius 2 is 2.40 bits per heavy atom. The Morgan fingerprint density at radius 1 is 1.60 bits per heavy atom. The van der Waals surface area contributed by atoms with Crippen molar-refractivity contribution in [3.05, 3.63) is 21.3 Å². The molecule has 2 atom stereocenters. The SMILES string of the molecule is CCNC1CCC(C)(c2ccc(Cl)s2)C1. The standard InChI is InChI=1S/C12H18ClNS/c1-3-14-9-6-7-12(2,8-9)10-4-5-11(13)15-10/h4-5,9,14H,3,6-8H2,1-2H3. The summed E-state index contributed by atoms with van der Waals surface area (Å²) in [6.45, 7) is 5.62. The zero-order valence-electron chi connectivity index (χ0n) is 9.35. The van der Waals surface area contributed by atoms with Crippen molar-refractivity contribution >= 4 is 22.9 Å². The van der Waals surface area contributed by atoms with Gasteiger partial charge in [0.15, 0.2) is 0 Å². The van der Waals surface area contributed by atoms with E-state index in [1.807, 2.05) is 6.07 Å². The van der Waals surface area contributed by atoms with Crippen molar-refractivity contribution in [2.75, 3.05) is 6.54 Å². The van der Waals surface area contributed by atoms with Gasteiger partial charge in [-0.3, -0.25) is 0 Å². The minimum Gasteiger partial charge on any atom is -0.314 e. The first-order valence-electron chi connectivity index (χ1n) is 5.63. The van der Waals surface area contributed by atoms with Crippen LogP contribution in [0.25, 0.3) is 0 Å². The van der Waals surface area contributed by atoms with Gasteiger partial charge in [-0.25, -0.2) is 0 Å². The Labute approximate surface area is 101 Å². The molecule has 0 saturated heterocycles. The minimum absolute atomic E-state index is 0.352. The van der Waals surface area contributed by atoms with E-state index in [2.05, 4.69) is 25.2 Å². The van der Waals surface area contributed by atoms with E-state index in [-0.39, 0.29) is 0 Å². The highest BCUT2D eigenvalue weighted by Crippen LogP contribution is 2.44. The number of halogens is 1. The van der Waals surface area contributed by atoms with Crippen molar-refractivity contribution in [1.29, 1.82) is 0 Å². The van der Waals surface area contributed by atoms with E-state index < -0.39 is 0 Å². The maximum Gasteiger partial charge on any atom is 0.0931 e. The molecule has 0 amide bonds. The molecule has 1 aliphatic carbocycles. The number of hydrogen-bond acceptors (Lipinski definition) is 2. The highest BCUT2D eigenvalue weighted by Gasteiger charge is 2.37. The van der Waals surface area contributed by atoms with E-state index in [0.29, 0.717) is 11.5 Å². The first-order valence-corrected chi connectivity index (χ1v) is 6.83. The number of hydrogen-bond donors (Lipinski definition) is 1. The van der Waals surface area contributed by atoms with E-state index in [9.17, 15) is 0 Å². The highest BCUT2D eigenvalue weighted by atomic mass is 35.5. The third kappa shape index (κ3) is 2.38. The molecular weight excluding hydrogens is 226 g/mol. The maximum absolute atomic E-state index is 6.00. The molecule has 2 rings (SSSR count). The van der Waals surface area contributed by atoms with Gasteiger partial charge in [-0.15, -0.1) is 11.3 Å². The van der Waals surface area contributed by atoms with Crippen LogP contribution in [0.5, 0.6) is 0 Å². The maximum atomic E-state index is 6.00. The monoisotopic (exact) mass is 243 g/mol. The van der Waals surface area contributed by atoms with Crippen molar-refractivity contribution in [2.45, 2.75) is 44.6 Å². The van der Waals surface area contributed by atoms with Crippen LogP contribution in [0.15, 0.2) is 12.1 Å². The summed E-state index contributed by atoms with van der Waals surface area (Å²) in [5.74, 6) is 0. The molecule has 3 heteroatoms. The third-order valence-corrected chi connectivity index (χ3v) is 4.94. The Balaban J connectivity index is 2.09. The molecule has 15 heavy (non-hydrogen) atoms. The largest absolute Gasteiger partial charge is 0.314 e. The molecule has 1 aromatic heterocycles. The fourth-order valence-electron chi connectivity index (χ4n) is 2.57. The van der Waals surface area contributed by atoms with Crippen LogP contribution in [0.3, 0.4) is 0 Å². The van der Waals surface area contributed by atoms with Crippen LogP contribution in [-0.2, 0) is 5.41 Å². The fourth-order valence-corrected chi connectivity index (χ4v) is 3.79. The second-order valence-electron chi connectivity index (χ2n) is 4.66. The van der Waals surface area contributed by atoms with Gasteiger partial charge in [0.2, 0.25) is 0 Å². The topological polar surface area (TPSA) is 12.0 Å². The van der Waals surface area contributed by atoms with Crippen LogP contribution in [0.2, 0.25) is 4.34 Å². The fraction of sp³-hybridized carbons (Fsp3) is 0.667. The molecule has 0 aromatic carbocycles. The van der Waals surface area contributed by atoms with E-state index in [1.54, 1.807) is 11.3 Å². The van der Waals surface area contributed by atoms with Gasteiger partial charge in [-0.1, -0.05) is 25.4 Å². The number of thiophene rings is 1. The molecular formula is C12H18ClNS. The minimum atomic E-state index is 0.352. The lowest BCUT2D eigenvalue weighted by Crippen LogP contribution is -2.28. The molecule has 1 N–H and O–H groups in total. The summed E-state index contributed by atoms with van der Waals surface area (Å²) < 4.78 is 0.915. The molecule has 1 saturated carbocycles. The summed E-state index contributed by atoms with van der Waals surface area (Å²) in [4.78, 5) is 1.45. The van der Waals surface area contributed by atoms with Crippen LogP contribution in [0.4, 0.5) is 0 Å². The molecule has 1 fully saturated rings. The molecule has 0 aliphatic heterocycles. The molecule has 0 radical (unpaired) electrons. The van der Waals surface area contributed by atoms with Gasteiger partial charge in [0.1, 0.15) is 0 Å². The highest BCUT2D eigenvalue weighted by molar-refractivity contribution is 7.16. The summed E-state index contributed by atoms with van der Waals surface area (Å²) in [6, 6.07) is 4.91. The van der Waals surface area contributed by atoms with Gasteiger partial charge < -0.3 is 5.32 Å². The van der Waals surface area contributed by atoms with Gasteiger partial charge in [-0.2, -0.15) is 0 Å². The van der Waals surface area contributed by atoms with E-state index in [4.69, 9.17) is 11.6 Å². The molecule has 84 valence electrons. The molecule has 1 aromatic rings. The quantitative estimate of drug-likeness (QED) is 0.851. The van der Waals surface area contributed by atoms with Crippen molar-refractivity contribution in [3.63, 3.8) is 0 Å². The summed E-state index contributed by atoms with van der Waals surface area (Å²) >= 11 is 7.74. The zero-order valence-corrected chi connectivity index (χ0v) is 10.9. The van der Waals surface area contributed by atoms with Gasteiger partial charge in [0.05, 0.1) is 4.34 Å². The predicted molar refractivity (Wildman–Crippen MR) is 68.0 cm³/mol. The van der Waals surface area contributed by atoms with E-state index in [1.165, 1.54) is 24.1 Å². The lowest BCUT2D eigenvalue weighted by molar-refractivity contribution is 0.465. The molecule has 0 bridgehead atoms. The van der Waals surface area contributed by atoms with Crippen molar-refractivity contribution in [1.82, 2.24) is 5.32 Å². The lowest BCUT2D eigenvalue weighted by atomic mass is 9.87. The Morgan fingerprint density at radius 3 is 3.00 bits per heavy atom. The predicted octanol–water partition coefficient (Wildman–Crippen LogP) is 3.82. The van der Waals surface area contributed by atoms with Crippen LogP contribution in [0, 0.1) is 0 Å². The van der Waals surface area contributed by atoms with Crippen LogP contribution in [0.1, 0.15) is 38.0 Å². The summed E-state index contributed by atoms with van der Waals surface area (Å²) in [6.07, 6.45) is 3.82. The Kier molecular flexibility index (Phi) is 3.39. The average molecular weight is 244 g/mol. The van der Waals surface area contributed by atoms with Crippen molar-refractivity contribution < 1.29 is 0 Å². The molecule has 1 aliphatic rings. The molecule has 1 heterocycles. The third-order valence-electron chi connectivity index (χ3n) is 3.40. The van der Waals surface area contributed by atoms with E-state index >= 15 is 0 Å². The molecule has 0 spiro atoms. The molecule has 2 unspecified atom stereocenters. The van der Waals surface area contributed by atoms with Crippen LogP contribution < -0.4 is 5.32 Å². The normalized spacial score (nSPS) is 31.0. The van der Waals surface area contributed by atoms with Gasteiger partial charge in [0, 0.05) is 16.3 Å². The van der Waals surface area contributed by atoms with Gasteiger partial charge >= 0.3 is 0 Å². The first-order chi connectivity index (χ1) is 7.14. The van der Waals surface area contributed by atoms with Gasteiger partial charge in [-0.05, 0) is 37.9 Å². The second-order valence-corrected chi connectivity index (χ2v) is 6.38. The summed E-state index contributed by atoms with van der Waals surface area (Å²) in [5.41, 5.74) is 0.352. The first kappa shape index (κ1) is 11.4. The average Bonchev–Trinajstić information content (AvgIpc) is 2.75. The Hall–Kier alpha value is -0.0500. The van der Waals surface area contributed by atoms with Crippen molar-refractivity contribution in [3.8, 4) is 0 Å². The van der Waals surface area contributed by atoms with Gasteiger partial charge in [0.25, 0.3) is 0 Å². The van der Waals surface area contributed by atoms with Crippen LogP contribution in [-0.4, -0.2) is 12.6 Å². The summed E-state index contributed by atoms with van der Waals surface area (Å²) in [5, 5.41) is 3.55. The summed E-state index contributed by atoms with van der Waals surface area (Å²) in [7, 11) is 0. The number of nitrogens with one attached hydrogen (secondary N) is 1. The molecule has 1 nitrogen and oxygen atoms in total. The zero-order chi connectivity index (χ0) is 10.9.